The van der Waals surface area contributed by atoms with Crippen LogP contribution in [0.5, 0.6) is 0 Å². The van der Waals surface area contributed by atoms with Gasteiger partial charge in [-0.25, -0.2) is 4.79 Å². The fourth-order valence-electron chi connectivity index (χ4n) is 2.05. The quantitative estimate of drug-likeness (QED) is 0.828. The Hall–Kier alpha value is -0.770. The van der Waals surface area contributed by atoms with E-state index in [2.05, 4.69) is 6.92 Å². The molecule has 0 aromatic carbocycles. The van der Waals surface area contributed by atoms with E-state index in [1.807, 2.05) is 20.8 Å². The van der Waals surface area contributed by atoms with Crippen molar-refractivity contribution >= 4 is 6.09 Å². The lowest BCUT2D eigenvalue weighted by Gasteiger charge is -2.48. The van der Waals surface area contributed by atoms with Crippen molar-refractivity contribution in [1.82, 2.24) is 4.90 Å². The fourth-order valence-corrected chi connectivity index (χ4v) is 2.05. The van der Waals surface area contributed by atoms with Crippen molar-refractivity contribution in [1.29, 1.82) is 0 Å². The van der Waals surface area contributed by atoms with Crippen LogP contribution in [0.25, 0.3) is 0 Å². The summed E-state index contributed by atoms with van der Waals surface area (Å²) in [6.45, 7) is 11.0. The van der Waals surface area contributed by atoms with E-state index in [0.29, 0.717) is 0 Å². The summed E-state index contributed by atoms with van der Waals surface area (Å²) in [5.41, 5.74) is -0.281. The van der Waals surface area contributed by atoms with Crippen LogP contribution in [-0.2, 0) is 4.74 Å². The second kappa shape index (κ2) is 4.84. The third kappa shape index (κ3) is 4.54. The standard InChI is InChI=1S/C13H25NO3/c1-10(15)6-7-13(5)8-14(9-13)11(16)17-12(2,3)4/h10,15H,6-9H2,1-5H3. The molecule has 1 N–H and O–H groups in total. The normalized spacial score (nSPS) is 20.7. The molecule has 1 unspecified atom stereocenters. The lowest BCUT2D eigenvalue weighted by molar-refractivity contribution is -0.0340. The lowest BCUT2D eigenvalue weighted by Crippen LogP contribution is -2.58. The van der Waals surface area contributed by atoms with Gasteiger partial charge in [-0.2, -0.15) is 0 Å². The van der Waals surface area contributed by atoms with Crippen LogP contribution in [0.15, 0.2) is 0 Å². The van der Waals surface area contributed by atoms with Gasteiger partial charge in [0.2, 0.25) is 0 Å². The summed E-state index contributed by atoms with van der Waals surface area (Å²) < 4.78 is 5.30. The zero-order valence-electron chi connectivity index (χ0n) is 11.6. The lowest BCUT2D eigenvalue weighted by atomic mass is 9.77. The average molecular weight is 243 g/mol. The van der Waals surface area contributed by atoms with Crippen LogP contribution in [0.4, 0.5) is 4.79 Å². The van der Waals surface area contributed by atoms with Gasteiger partial charge in [-0.1, -0.05) is 6.92 Å². The van der Waals surface area contributed by atoms with Crippen LogP contribution in [-0.4, -0.2) is 40.9 Å². The molecule has 1 heterocycles. The predicted octanol–water partition coefficient (Wildman–Crippen LogP) is 2.40. The van der Waals surface area contributed by atoms with E-state index in [1.165, 1.54) is 0 Å². The number of amides is 1. The van der Waals surface area contributed by atoms with Gasteiger partial charge in [0.1, 0.15) is 5.60 Å². The number of aliphatic hydroxyl groups is 1. The second-order valence-electron chi connectivity index (χ2n) is 6.53. The highest BCUT2D eigenvalue weighted by Crippen LogP contribution is 2.35. The maximum atomic E-state index is 11.7. The molecule has 1 aliphatic rings. The van der Waals surface area contributed by atoms with Gasteiger partial charge in [0.05, 0.1) is 6.10 Å². The Morgan fingerprint density at radius 1 is 1.47 bits per heavy atom. The molecule has 1 aliphatic heterocycles. The molecule has 0 aromatic rings. The number of aliphatic hydroxyl groups excluding tert-OH is 1. The summed E-state index contributed by atoms with van der Waals surface area (Å²) in [7, 11) is 0. The maximum Gasteiger partial charge on any atom is 0.410 e. The van der Waals surface area contributed by atoms with Gasteiger partial charge in [0.15, 0.2) is 0 Å². The first-order chi connectivity index (χ1) is 7.61. The third-order valence-corrected chi connectivity index (χ3v) is 2.96. The van der Waals surface area contributed by atoms with Crippen molar-refractivity contribution < 1.29 is 14.6 Å². The first-order valence-electron chi connectivity index (χ1n) is 6.27. The summed E-state index contributed by atoms with van der Waals surface area (Å²) in [5, 5.41) is 9.26. The molecule has 100 valence electrons. The summed E-state index contributed by atoms with van der Waals surface area (Å²) in [6.07, 6.45) is 1.25. The second-order valence-corrected chi connectivity index (χ2v) is 6.53. The highest BCUT2D eigenvalue weighted by Gasteiger charge is 2.42. The summed E-state index contributed by atoms with van der Waals surface area (Å²) in [6, 6.07) is 0. The average Bonchev–Trinajstić information content (AvgIpc) is 2.07. The Kier molecular flexibility index (Phi) is 4.07. The first-order valence-corrected chi connectivity index (χ1v) is 6.27. The van der Waals surface area contributed by atoms with Gasteiger partial charge in [0, 0.05) is 18.5 Å². The Balaban J connectivity index is 2.33. The number of hydrogen-bond donors (Lipinski definition) is 1. The Bertz CT molecular complexity index is 275. The molecule has 1 amide bonds. The number of carbonyl (C=O) groups is 1. The largest absolute Gasteiger partial charge is 0.444 e. The van der Waals surface area contributed by atoms with Gasteiger partial charge in [-0.05, 0) is 40.5 Å². The van der Waals surface area contributed by atoms with E-state index in [0.717, 1.165) is 25.9 Å². The predicted molar refractivity (Wildman–Crippen MR) is 66.8 cm³/mol. The molecule has 17 heavy (non-hydrogen) atoms. The molecule has 1 saturated heterocycles. The number of rotatable bonds is 3. The molecule has 0 bridgehead atoms. The molecule has 1 fully saturated rings. The maximum absolute atomic E-state index is 11.7. The Morgan fingerprint density at radius 3 is 2.41 bits per heavy atom. The molecule has 4 heteroatoms. The van der Waals surface area contributed by atoms with Crippen molar-refractivity contribution in [2.45, 2.75) is 59.2 Å². The van der Waals surface area contributed by atoms with E-state index in [9.17, 15) is 9.90 Å². The number of hydrogen-bond acceptors (Lipinski definition) is 3. The van der Waals surface area contributed by atoms with Gasteiger partial charge < -0.3 is 14.7 Å². The molecule has 0 spiro atoms. The zero-order chi connectivity index (χ0) is 13.3. The van der Waals surface area contributed by atoms with Crippen LogP contribution >= 0.6 is 0 Å². The van der Waals surface area contributed by atoms with Gasteiger partial charge >= 0.3 is 6.09 Å². The van der Waals surface area contributed by atoms with Crippen molar-refractivity contribution in [2.24, 2.45) is 5.41 Å². The highest BCUT2D eigenvalue weighted by atomic mass is 16.6. The molecule has 1 rings (SSSR count). The van der Waals surface area contributed by atoms with Crippen molar-refractivity contribution in [2.75, 3.05) is 13.1 Å². The summed E-state index contributed by atoms with van der Waals surface area (Å²) in [4.78, 5) is 13.5. The van der Waals surface area contributed by atoms with E-state index in [1.54, 1.807) is 11.8 Å². The molecular formula is C13H25NO3. The topological polar surface area (TPSA) is 49.8 Å². The Labute approximate surface area is 104 Å². The third-order valence-electron chi connectivity index (χ3n) is 2.96. The van der Waals surface area contributed by atoms with Crippen molar-refractivity contribution in [3.63, 3.8) is 0 Å². The van der Waals surface area contributed by atoms with Gasteiger partial charge in [-0.3, -0.25) is 0 Å². The molecule has 0 aliphatic carbocycles. The smallest absolute Gasteiger partial charge is 0.410 e. The van der Waals surface area contributed by atoms with Gasteiger partial charge in [-0.15, -0.1) is 0 Å². The number of ether oxygens (including phenoxy) is 1. The van der Waals surface area contributed by atoms with E-state index in [-0.39, 0.29) is 17.6 Å². The number of likely N-dealkylation sites (tertiary alicyclic amines) is 1. The highest BCUT2D eigenvalue weighted by molar-refractivity contribution is 5.69. The molecule has 4 nitrogen and oxygen atoms in total. The van der Waals surface area contributed by atoms with E-state index in [4.69, 9.17) is 4.74 Å². The van der Waals surface area contributed by atoms with Crippen molar-refractivity contribution in [3.8, 4) is 0 Å². The minimum absolute atomic E-state index is 0.147. The summed E-state index contributed by atoms with van der Waals surface area (Å²) in [5.74, 6) is 0. The summed E-state index contributed by atoms with van der Waals surface area (Å²) >= 11 is 0. The first kappa shape index (κ1) is 14.3. The number of carbonyl (C=O) groups excluding carboxylic acids is 1. The minimum Gasteiger partial charge on any atom is -0.444 e. The van der Waals surface area contributed by atoms with E-state index < -0.39 is 5.60 Å². The van der Waals surface area contributed by atoms with Crippen LogP contribution < -0.4 is 0 Å². The molecule has 0 radical (unpaired) electrons. The van der Waals surface area contributed by atoms with E-state index >= 15 is 0 Å². The molecule has 0 aromatic heterocycles. The minimum atomic E-state index is -0.428. The Morgan fingerprint density at radius 2 is 2.00 bits per heavy atom. The van der Waals surface area contributed by atoms with Crippen molar-refractivity contribution in [3.05, 3.63) is 0 Å². The van der Waals surface area contributed by atoms with Gasteiger partial charge in [0.25, 0.3) is 0 Å². The SMILES string of the molecule is CC(O)CCC1(C)CN(C(=O)OC(C)(C)C)C1. The van der Waals surface area contributed by atoms with Crippen LogP contribution in [0.2, 0.25) is 0 Å². The van der Waals surface area contributed by atoms with Crippen LogP contribution in [0, 0.1) is 5.41 Å². The molecule has 1 atom stereocenters. The monoisotopic (exact) mass is 243 g/mol. The molecular weight excluding hydrogens is 218 g/mol. The molecule has 0 saturated carbocycles. The van der Waals surface area contributed by atoms with Crippen LogP contribution in [0.1, 0.15) is 47.5 Å². The fraction of sp³-hybridized carbons (Fsp3) is 0.923. The zero-order valence-corrected chi connectivity index (χ0v) is 11.6. The number of nitrogens with zero attached hydrogens (tertiary/aromatic N) is 1. The van der Waals surface area contributed by atoms with Crippen LogP contribution in [0.3, 0.4) is 0 Å².